The molecule has 168 valence electrons. The third-order valence-corrected chi connectivity index (χ3v) is 7.55. The Morgan fingerprint density at radius 1 is 0.875 bits per heavy atom. The van der Waals surface area contributed by atoms with Gasteiger partial charge >= 0.3 is 0 Å². The van der Waals surface area contributed by atoms with E-state index >= 15 is 0 Å². The Labute approximate surface area is 191 Å². The lowest BCUT2D eigenvalue weighted by Crippen LogP contribution is -2.39. The van der Waals surface area contributed by atoms with Crippen LogP contribution in [0.25, 0.3) is 11.0 Å². The van der Waals surface area contributed by atoms with Crippen LogP contribution in [0.3, 0.4) is 0 Å². The maximum absolute atomic E-state index is 12.9. The van der Waals surface area contributed by atoms with E-state index in [4.69, 9.17) is 4.98 Å². The van der Waals surface area contributed by atoms with Crippen molar-refractivity contribution < 1.29 is 4.79 Å². The first-order valence-corrected chi connectivity index (χ1v) is 12.6. The molecule has 1 aliphatic carbocycles. The Morgan fingerprint density at radius 2 is 1.59 bits per heavy atom. The number of likely N-dealkylation sites (tertiary alicyclic amines) is 1. The van der Waals surface area contributed by atoms with E-state index < -0.39 is 0 Å². The molecule has 1 amide bonds. The third kappa shape index (κ3) is 4.74. The van der Waals surface area contributed by atoms with Crippen molar-refractivity contribution in [1.29, 1.82) is 0 Å². The van der Waals surface area contributed by atoms with E-state index in [1.54, 1.807) is 0 Å². The lowest BCUT2D eigenvalue weighted by atomic mass is 9.86. The van der Waals surface area contributed by atoms with Crippen molar-refractivity contribution in [3.8, 4) is 0 Å². The van der Waals surface area contributed by atoms with Crippen LogP contribution in [0.5, 0.6) is 0 Å². The molecule has 2 fully saturated rings. The van der Waals surface area contributed by atoms with Crippen molar-refractivity contribution in [2.75, 3.05) is 13.1 Å². The summed E-state index contributed by atoms with van der Waals surface area (Å²) in [5.41, 5.74) is 3.59. The largest absolute Gasteiger partial charge is 0.343 e. The van der Waals surface area contributed by atoms with E-state index in [1.165, 1.54) is 43.2 Å². The number of fused-ring (bicyclic) bond motifs is 1. The van der Waals surface area contributed by atoms with Crippen molar-refractivity contribution in [1.82, 2.24) is 14.5 Å². The van der Waals surface area contributed by atoms with Crippen LogP contribution in [-0.4, -0.2) is 33.4 Å². The molecule has 0 bridgehead atoms. The second-order valence-corrected chi connectivity index (χ2v) is 9.70. The zero-order valence-electron chi connectivity index (χ0n) is 19.1. The summed E-state index contributed by atoms with van der Waals surface area (Å²) >= 11 is 0. The fraction of sp³-hybridized carbons (Fsp3) is 0.500. The van der Waals surface area contributed by atoms with Gasteiger partial charge in [0.2, 0.25) is 5.91 Å². The SMILES string of the molecule is O=C(CCC1CCCCC1)N1CCC(n2c(Cc3ccccc3)nc3ccccc32)CC1. The Bertz CT molecular complexity index is 1030. The summed E-state index contributed by atoms with van der Waals surface area (Å²) in [6.07, 6.45) is 11.4. The standard InChI is InChI=1S/C28H35N3O/c32-28(16-15-22-9-3-1-4-10-22)30-19-17-24(18-20-30)31-26-14-8-7-13-25(26)29-27(31)21-23-11-5-2-6-12-23/h2,5-8,11-14,22,24H,1,3-4,9-10,15-21H2. The number of hydrogen-bond acceptors (Lipinski definition) is 2. The van der Waals surface area contributed by atoms with Crippen LogP contribution in [0.1, 0.15) is 75.2 Å². The molecule has 1 saturated heterocycles. The monoisotopic (exact) mass is 429 g/mol. The summed E-state index contributed by atoms with van der Waals surface area (Å²) in [6, 6.07) is 19.5. The average Bonchev–Trinajstić information content (AvgIpc) is 3.21. The smallest absolute Gasteiger partial charge is 0.222 e. The van der Waals surface area contributed by atoms with E-state index in [9.17, 15) is 4.79 Å². The van der Waals surface area contributed by atoms with E-state index in [-0.39, 0.29) is 0 Å². The molecular formula is C28H35N3O. The molecule has 2 aliphatic rings. The van der Waals surface area contributed by atoms with Crippen LogP contribution in [-0.2, 0) is 11.2 Å². The molecule has 2 heterocycles. The molecule has 0 spiro atoms. The lowest BCUT2D eigenvalue weighted by molar-refractivity contribution is -0.132. The Morgan fingerprint density at radius 3 is 2.38 bits per heavy atom. The van der Waals surface area contributed by atoms with Gasteiger partial charge in [0.1, 0.15) is 5.82 Å². The fourth-order valence-electron chi connectivity index (χ4n) is 5.74. The van der Waals surface area contributed by atoms with Gasteiger partial charge in [0, 0.05) is 32.0 Å². The molecule has 0 unspecified atom stereocenters. The summed E-state index contributed by atoms with van der Waals surface area (Å²) in [5, 5.41) is 0. The van der Waals surface area contributed by atoms with Crippen molar-refractivity contribution >= 4 is 16.9 Å². The number of rotatable bonds is 6. The van der Waals surface area contributed by atoms with Crippen LogP contribution in [0.2, 0.25) is 0 Å². The summed E-state index contributed by atoms with van der Waals surface area (Å²) in [6.45, 7) is 1.73. The molecule has 4 nitrogen and oxygen atoms in total. The number of imidazole rings is 1. The van der Waals surface area contributed by atoms with Gasteiger partial charge in [0.15, 0.2) is 0 Å². The van der Waals surface area contributed by atoms with Crippen molar-refractivity contribution in [2.24, 2.45) is 5.92 Å². The van der Waals surface area contributed by atoms with Gasteiger partial charge in [-0.1, -0.05) is 74.6 Å². The van der Waals surface area contributed by atoms with E-state index in [1.807, 2.05) is 0 Å². The maximum atomic E-state index is 12.9. The number of piperidine rings is 1. The van der Waals surface area contributed by atoms with Gasteiger partial charge < -0.3 is 9.47 Å². The van der Waals surface area contributed by atoms with Gasteiger partial charge in [0.25, 0.3) is 0 Å². The highest BCUT2D eigenvalue weighted by molar-refractivity contribution is 5.77. The fourth-order valence-corrected chi connectivity index (χ4v) is 5.74. The van der Waals surface area contributed by atoms with Crippen LogP contribution in [0.4, 0.5) is 0 Å². The van der Waals surface area contributed by atoms with E-state index in [2.05, 4.69) is 64.1 Å². The molecule has 3 aromatic rings. The van der Waals surface area contributed by atoms with Gasteiger partial charge in [-0.3, -0.25) is 4.79 Å². The van der Waals surface area contributed by atoms with E-state index in [0.717, 1.165) is 62.5 Å². The summed E-state index contributed by atoms with van der Waals surface area (Å²) in [7, 11) is 0. The highest BCUT2D eigenvalue weighted by Crippen LogP contribution is 2.31. The topological polar surface area (TPSA) is 38.1 Å². The molecule has 32 heavy (non-hydrogen) atoms. The quantitative estimate of drug-likeness (QED) is 0.471. The van der Waals surface area contributed by atoms with Gasteiger partial charge in [-0.05, 0) is 42.9 Å². The van der Waals surface area contributed by atoms with Gasteiger partial charge in [-0.15, -0.1) is 0 Å². The number of nitrogens with zero attached hydrogens (tertiary/aromatic N) is 3. The minimum absolute atomic E-state index is 0.369. The first kappa shape index (κ1) is 21.2. The minimum atomic E-state index is 0.369. The Balaban J connectivity index is 1.26. The number of hydrogen-bond donors (Lipinski definition) is 0. The predicted molar refractivity (Wildman–Crippen MR) is 130 cm³/mol. The normalized spacial score (nSPS) is 18.3. The van der Waals surface area contributed by atoms with Crippen molar-refractivity contribution in [2.45, 2.75) is 70.3 Å². The summed E-state index contributed by atoms with van der Waals surface area (Å²) in [5.74, 6) is 2.29. The first-order chi connectivity index (χ1) is 15.8. The van der Waals surface area contributed by atoms with Crippen LogP contribution in [0.15, 0.2) is 54.6 Å². The highest BCUT2D eigenvalue weighted by Gasteiger charge is 2.27. The van der Waals surface area contributed by atoms with E-state index in [0.29, 0.717) is 11.9 Å². The van der Waals surface area contributed by atoms with Gasteiger partial charge in [-0.25, -0.2) is 4.98 Å². The summed E-state index contributed by atoms with van der Waals surface area (Å²) < 4.78 is 2.46. The van der Waals surface area contributed by atoms with Gasteiger partial charge in [0.05, 0.1) is 11.0 Å². The highest BCUT2D eigenvalue weighted by atomic mass is 16.2. The molecule has 0 N–H and O–H groups in total. The number of amides is 1. The Kier molecular flexibility index (Phi) is 6.56. The zero-order chi connectivity index (χ0) is 21.8. The maximum Gasteiger partial charge on any atom is 0.222 e. The molecule has 0 radical (unpaired) electrons. The van der Waals surface area contributed by atoms with Crippen molar-refractivity contribution in [3.05, 3.63) is 66.0 Å². The average molecular weight is 430 g/mol. The second kappa shape index (κ2) is 9.89. The number of para-hydroxylation sites is 2. The first-order valence-electron chi connectivity index (χ1n) is 12.6. The number of benzene rings is 2. The molecule has 2 aromatic carbocycles. The number of carbonyl (C=O) groups is 1. The molecular weight excluding hydrogens is 394 g/mol. The van der Waals surface area contributed by atoms with Crippen LogP contribution >= 0.6 is 0 Å². The Hall–Kier alpha value is -2.62. The van der Waals surface area contributed by atoms with Gasteiger partial charge in [-0.2, -0.15) is 0 Å². The number of carbonyl (C=O) groups excluding carboxylic acids is 1. The molecule has 1 aliphatic heterocycles. The zero-order valence-corrected chi connectivity index (χ0v) is 19.1. The molecule has 4 heteroatoms. The molecule has 5 rings (SSSR count). The number of aromatic nitrogens is 2. The predicted octanol–water partition coefficient (Wildman–Crippen LogP) is 6.15. The van der Waals surface area contributed by atoms with Crippen LogP contribution in [0, 0.1) is 5.92 Å². The summed E-state index contributed by atoms with van der Waals surface area (Å²) in [4.78, 5) is 20.0. The second-order valence-electron chi connectivity index (χ2n) is 9.70. The van der Waals surface area contributed by atoms with Crippen LogP contribution < -0.4 is 0 Å². The minimum Gasteiger partial charge on any atom is -0.343 e. The third-order valence-electron chi connectivity index (χ3n) is 7.55. The molecule has 0 atom stereocenters. The molecule has 1 saturated carbocycles. The van der Waals surface area contributed by atoms with Crippen molar-refractivity contribution in [3.63, 3.8) is 0 Å². The molecule has 1 aromatic heterocycles. The lowest BCUT2D eigenvalue weighted by Gasteiger charge is -2.34.